The van der Waals surface area contributed by atoms with E-state index in [0.717, 1.165) is 30.6 Å². The summed E-state index contributed by atoms with van der Waals surface area (Å²) in [5.74, 6) is 0.0512. The third kappa shape index (κ3) is 4.34. The zero-order valence-electron chi connectivity index (χ0n) is 19.3. The Morgan fingerprint density at radius 2 is 1.97 bits per heavy atom. The lowest BCUT2D eigenvalue weighted by Crippen LogP contribution is -2.39. The van der Waals surface area contributed by atoms with Crippen molar-refractivity contribution in [1.82, 2.24) is 25.2 Å². The predicted octanol–water partition coefficient (Wildman–Crippen LogP) is 4.20. The first-order valence-electron chi connectivity index (χ1n) is 11.5. The smallest absolute Gasteiger partial charge is 0.256 e. The molecule has 7 heteroatoms. The van der Waals surface area contributed by atoms with Crippen LogP contribution in [0.3, 0.4) is 0 Å². The Balaban J connectivity index is 1.68. The van der Waals surface area contributed by atoms with E-state index in [2.05, 4.69) is 15.3 Å². The number of amides is 1. The number of aromatic hydroxyl groups is 1. The summed E-state index contributed by atoms with van der Waals surface area (Å²) in [7, 11) is 1.83. The Morgan fingerprint density at radius 1 is 1.12 bits per heavy atom. The molecule has 34 heavy (non-hydrogen) atoms. The molecule has 1 saturated heterocycles. The molecule has 1 amide bonds. The van der Waals surface area contributed by atoms with E-state index in [0.29, 0.717) is 46.1 Å². The van der Waals surface area contributed by atoms with Crippen molar-refractivity contribution in [2.75, 3.05) is 20.1 Å². The zero-order chi connectivity index (χ0) is 23.7. The average Bonchev–Trinajstić information content (AvgIpc) is 3.35. The minimum atomic E-state index is -0.111. The molecule has 1 fully saturated rings. The number of carbonyl (C=O) groups is 1. The molecule has 0 spiro atoms. The van der Waals surface area contributed by atoms with Crippen LogP contribution in [-0.2, 0) is 0 Å². The van der Waals surface area contributed by atoms with Crippen LogP contribution >= 0.6 is 0 Å². The van der Waals surface area contributed by atoms with Gasteiger partial charge in [-0.3, -0.25) is 14.8 Å². The summed E-state index contributed by atoms with van der Waals surface area (Å²) in [4.78, 5) is 29.8. The van der Waals surface area contributed by atoms with E-state index in [1.165, 1.54) is 0 Å². The molecule has 7 nitrogen and oxygen atoms in total. The lowest BCUT2D eigenvalue weighted by molar-refractivity contribution is 0.0786. The van der Waals surface area contributed by atoms with Gasteiger partial charge >= 0.3 is 0 Å². The summed E-state index contributed by atoms with van der Waals surface area (Å²) in [6, 6.07) is 16.7. The van der Waals surface area contributed by atoms with Crippen molar-refractivity contribution in [3.8, 4) is 28.3 Å². The van der Waals surface area contributed by atoms with Gasteiger partial charge in [0.25, 0.3) is 5.91 Å². The van der Waals surface area contributed by atoms with E-state index in [1.54, 1.807) is 29.3 Å². The van der Waals surface area contributed by atoms with Crippen LogP contribution in [0.2, 0.25) is 0 Å². The summed E-state index contributed by atoms with van der Waals surface area (Å²) in [5, 5.41) is 13.4. The summed E-state index contributed by atoms with van der Waals surface area (Å²) in [5.41, 5.74) is 5.29. The molecule has 0 aliphatic carbocycles. The van der Waals surface area contributed by atoms with E-state index in [1.807, 2.05) is 50.4 Å². The molecule has 0 radical (unpaired) electrons. The number of hydrogen-bond donors (Lipinski definition) is 2. The maximum absolute atomic E-state index is 13.9. The first kappa shape index (κ1) is 22.0. The molecule has 0 bridgehead atoms. The second kappa shape index (κ2) is 9.19. The van der Waals surface area contributed by atoms with Crippen molar-refractivity contribution >= 4 is 16.9 Å². The molecular weight excluding hydrogens is 426 g/mol. The van der Waals surface area contributed by atoms with Crippen LogP contribution in [0.25, 0.3) is 33.5 Å². The van der Waals surface area contributed by atoms with E-state index in [-0.39, 0.29) is 11.7 Å². The fraction of sp³-hybridized carbons (Fsp3) is 0.259. The van der Waals surface area contributed by atoms with Crippen LogP contribution < -0.4 is 5.32 Å². The zero-order valence-corrected chi connectivity index (χ0v) is 19.3. The van der Waals surface area contributed by atoms with Crippen molar-refractivity contribution in [3.63, 3.8) is 0 Å². The molecule has 5 rings (SSSR count). The van der Waals surface area contributed by atoms with Crippen molar-refractivity contribution in [1.29, 1.82) is 0 Å². The normalized spacial score (nSPS) is 15.5. The highest BCUT2D eigenvalue weighted by molar-refractivity contribution is 6.10. The molecule has 1 aromatic carbocycles. The fourth-order valence-electron chi connectivity index (χ4n) is 4.51. The first-order valence-corrected chi connectivity index (χ1v) is 11.5. The van der Waals surface area contributed by atoms with Gasteiger partial charge < -0.3 is 15.3 Å². The molecule has 1 atom stereocenters. The Bertz CT molecular complexity index is 1360. The molecule has 0 unspecified atom stereocenters. The summed E-state index contributed by atoms with van der Waals surface area (Å²) in [6.45, 7) is 3.53. The van der Waals surface area contributed by atoms with Crippen LogP contribution in [-0.4, -0.2) is 57.0 Å². The van der Waals surface area contributed by atoms with Gasteiger partial charge in [-0.1, -0.05) is 18.2 Å². The van der Waals surface area contributed by atoms with Crippen LogP contribution in [0, 0.1) is 6.92 Å². The van der Waals surface area contributed by atoms with Crippen molar-refractivity contribution in [2.45, 2.75) is 25.8 Å². The lowest BCUT2D eigenvalue weighted by atomic mass is 10.0. The summed E-state index contributed by atoms with van der Waals surface area (Å²) in [6.07, 6.45) is 3.90. The molecule has 4 heterocycles. The Labute approximate surface area is 198 Å². The highest BCUT2D eigenvalue weighted by Crippen LogP contribution is 2.31. The monoisotopic (exact) mass is 453 g/mol. The number of benzene rings is 1. The minimum Gasteiger partial charge on any atom is -0.508 e. The Morgan fingerprint density at radius 3 is 2.74 bits per heavy atom. The summed E-state index contributed by atoms with van der Waals surface area (Å²) >= 11 is 0. The number of carbonyl (C=O) groups excluding carboxylic acids is 1. The van der Waals surface area contributed by atoms with Gasteiger partial charge in [-0.25, -0.2) is 4.98 Å². The molecule has 172 valence electrons. The number of phenolic OH excluding ortho intramolecular Hbond substituents is 1. The van der Waals surface area contributed by atoms with E-state index in [4.69, 9.17) is 4.98 Å². The van der Waals surface area contributed by atoms with E-state index >= 15 is 0 Å². The number of hydrogen-bond acceptors (Lipinski definition) is 6. The van der Waals surface area contributed by atoms with Gasteiger partial charge in [-0.15, -0.1) is 0 Å². The quantitative estimate of drug-likeness (QED) is 0.471. The molecule has 4 aromatic rings. The Kier molecular flexibility index (Phi) is 5.94. The highest BCUT2D eigenvalue weighted by Gasteiger charge is 2.25. The number of nitrogens with zero attached hydrogens (tertiary/aromatic N) is 4. The SMILES string of the molecule is Cc1cccc(-c2cnc3ccc(-c4cccc(O)c4)nc3c2C(=O)N(C)C[C@@H]2CCCN2)n1. The van der Waals surface area contributed by atoms with Crippen molar-refractivity contribution < 1.29 is 9.90 Å². The molecule has 1 aliphatic rings. The molecule has 2 N–H and O–H groups in total. The van der Waals surface area contributed by atoms with E-state index in [9.17, 15) is 9.90 Å². The number of aromatic nitrogens is 3. The van der Waals surface area contributed by atoms with Gasteiger partial charge in [0.05, 0.1) is 22.5 Å². The number of nitrogens with one attached hydrogen (secondary N) is 1. The number of phenols is 1. The number of rotatable bonds is 5. The van der Waals surface area contributed by atoms with Gasteiger partial charge in [0, 0.05) is 42.7 Å². The minimum absolute atomic E-state index is 0.111. The van der Waals surface area contributed by atoms with E-state index < -0.39 is 0 Å². The van der Waals surface area contributed by atoms with Crippen LogP contribution in [0.4, 0.5) is 0 Å². The van der Waals surface area contributed by atoms with Crippen molar-refractivity contribution in [2.24, 2.45) is 0 Å². The molecule has 3 aromatic heterocycles. The second-order valence-electron chi connectivity index (χ2n) is 8.80. The molecule has 0 saturated carbocycles. The number of pyridine rings is 3. The van der Waals surface area contributed by atoms with Gasteiger partial charge in [-0.2, -0.15) is 0 Å². The topological polar surface area (TPSA) is 91.2 Å². The van der Waals surface area contributed by atoms with Crippen LogP contribution in [0.15, 0.2) is 60.8 Å². The number of fused-ring (bicyclic) bond motifs is 1. The van der Waals surface area contributed by atoms with Gasteiger partial charge in [-0.05, 0) is 62.7 Å². The standard InChI is InChI=1S/C27H27N5O2/c1-17-6-3-10-23(30-17)21-15-29-24-12-11-22(18-7-4-9-20(33)14-18)31-26(24)25(21)27(34)32(2)16-19-8-5-13-28-19/h3-4,6-7,9-12,14-15,19,28,33H,5,8,13,16H2,1-2H3/t19-/m0/s1. The first-order chi connectivity index (χ1) is 16.5. The van der Waals surface area contributed by atoms with Gasteiger partial charge in [0.1, 0.15) is 11.3 Å². The highest BCUT2D eigenvalue weighted by atomic mass is 16.3. The van der Waals surface area contributed by atoms with Crippen molar-refractivity contribution in [3.05, 3.63) is 72.1 Å². The number of aryl methyl sites for hydroxylation is 1. The van der Waals surface area contributed by atoms with Crippen LogP contribution in [0.5, 0.6) is 5.75 Å². The third-order valence-electron chi connectivity index (χ3n) is 6.24. The number of likely N-dealkylation sites (N-methyl/N-ethyl adjacent to an activating group) is 1. The van der Waals surface area contributed by atoms with Crippen LogP contribution in [0.1, 0.15) is 28.9 Å². The Hall–Kier alpha value is -3.84. The lowest BCUT2D eigenvalue weighted by Gasteiger charge is -2.23. The fourth-order valence-corrected chi connectivity index (χ4v) is 4.51. The third-order valence-corrected chi connectivity index (χ3v) is 6.24. The predicted molar refractivity (Wildman–Crippen MR) is 133 cm³/mol. The molecule has 1 aliphatic heterocycles. The average molecular weight is 454 g/mol. The van der Waals surface area contributed by atoms with Gasteiger partial charge in [0.15, 0.2) is 0 Å². The van der Waals surface area contributed by atoms with Gasteiger partial charge in [0.2, 0.25) is 0 Å². The maximum atomic E-state index is 13.9. The maximum Gasteiger partial charge on any atom is 0.256 e. The largest absolute Gasteiger partial charge is 0.508 e. The molecular formula is C27H27N5O2. The second-order valence-corrected chi connectivity index (χ2v) is 8.80. The summed E-state index contributed by atoms with van der Waals surface area (Å²) < 4.78 is 0.